The Balaban J connectivity index is 1.58. The zero-order chi connectivity index (χ0) is 23.2. The Morgan fingerprint density at radius 3 is 2.36 bits per heavy atom. The van der Waals surface area contributed by atoms with Crippen molar-refractivity contribution in [1.82, 2.24) is 15.0 Å². The molecule has 0 aliphatic heterocycles. The molecule has 0 radical (unpaired) electrons. The van der Waals surface area contributed by atoms with E-state index >= 15 is 0 Å². The SMILES string of the molecule is CC(C)Cc1cc2ncc(-c3cc(-c4cc(C(C)(C)C)c5ccccc5c4)ncn3)cc2s1. The molecule has 0 atom stereocenters. The van der Waals surface area contributed by atoms with Crippen LogP contribution in [0.2, 0.25) is 0 Å². The number of pyridine rings is 1. The van der Waals surface area contributed by atoms with Crippen molar-refractivity contribution in [3.8, 4) is 22.5 Å². The second-order valence-corrected chi connectivity index (χ2v) is 11.4. The highest BCUT2D eigenvalue weighted by Gasteiger charge is 2.19. The van der Waals surface area contributed by atoms with Crippen molar-refractivity contribution in [2.75, 3.05) is 0 Å². The molecule has 0 saturated heterocycles. The molecule has 0 unspecified atom stereocenters. The summed E-state index contributed by atoms with van der Waals surface area (Å²) in [6.45, 7) is 11.3. The lowest BCUT2D eigenvalue weighted by Crippen LogP contribution is -2.12. The van der Waals surface area contributed by atoms with Crippen molar-refractivity contribution >= 4 is 32.3 Å². The summed E-state index contributed by atoms with van der Waals surface area (Å²) in [5.74, 6) is 0.641. The zero-order valence-electron chi connectivity index (χ0n) is 19.9. The average Bonchev–Trinajstić information content (AvgIpc) is 3.18. The third-order valence-corrected chi connectivity index (χ3v) is 7.05. The molecule has 0 fully saturated rings. The van der Waals surface area contributed by atoms with Gasteiger partial charge in [0.1, 0.15) is 6.33 Å². The Morgan fingerprint density at radius 1 is 0.848 bits per heavy atom. The first-order chi connectivity index (χ1) is 15.8. The summed E-state index contributed by atoms with van der Waals surface area (Å²) in [6, 6.07) is 19.6. The van der Waals surface area contributed by atoms with Crippen LogP contribution in [-0.4, -0.2) is 15.0 Å². The number of rotatable bonds is 4. The van der Waals surface area contributed by atoms with Crippen molar-refractivity contribution < 1.29 is 0 Å². The van der Waals surface area contributed by atoms with Gasteiger partial charge in [-0.25, -0.2) is 9.97 Å². The Kier molecular flexibility index (Phi) is 5.49. The van der Waals surface area contributed by atoms with E-state index < -0.39 is 0 Å². The summed E-state index contributed by atoms with van der Waals surface area (Å²) in [5, 5.41) is 2.53. The number of thiophene rings is 1. The minimum atomic E-state index is 0.0350. The third kappa shape index (κ3) is 4.40. The molecule has 0 aliphatic rings. The maximum atomic E-state index is 4.73. The van der Waals surface area contributed by atoms with Gasteiger partial charge < -0.3 is 0 Å². The summed E-state index contributed by atoms with van der Waals surface area (Å²) in [5.41, 5.74) is 6.41. The van der Waals surface area contributed by atoms with Gasteiger partial charge >= 0.3 is 0 Å². The van der Waals surface area contributed by atoms with Gasteiger partial charge in [-0.15, -0.1) is 11.3 Å². The minimum Gasteiger partial charge on any atom is -0.255 e. The number of hydrogen-bond acceptors (Lipinski definition) is 4. The molecule has 0 N–H and O–H groups in total. The molecule has 2 aromatic carbocycles. The molecular weight excluding hydrogens is 422 g/mol. The Labute approximate surface area is 199 Å². The van der Waals surface area contributed by atoms with E-state index in [0.29, 0.717) is 5.92 Å². The number of fused-ring (bicyclic) bond motifs is 2. The summed E-state index contributed by atoms with van der Waals surface area (Å²) in [4.78, 5) is 15.3. The molecule has 0 saturated carbocycles. The topological polar surface area (TPSA) is 38.7 Å². The van der Waals surface area contributed by atoms with Crippen LogP contribution in [0, 0.1) is 5.92 Å². The van der Waals surface area contributed by atoms with E-state index in [1.807, 2.05) is 17.5 Å². The van der Waals surface area contributed by atoms with Crippen LogP contribution in [0.5, 0.6) is 0 Å². The first-order valence-corrected chi connectivity index (χ1v) is 12.3. The Morgan fingerprint density at radius 2 is 1.61 bits per heavy atom. The third-order valence-electron chi connectivity index (χ3n) is 5.96. The van der Waals surface area contributed by atoms with Crippen LogP contribution in [0.15, 0.2) is 67.1 Å². The molecule has 3 nitrogen and oxygen atoms in total. The quantitative estimate of drug-likeness (QED) is 0.277. The van der Waals surface area contributed by atoms with Crippen LogP contribution >= 0.6 is 11.3 Å². The van der Waals surface area contributed by atoms with Crippen LogP contribution < -0.4 is 0 Å². The van der Waals surface area contributed by atoms with Gasteiger partial charge in [0.2, 0.25) is 0 Å². The van der Waals surface area contributed by atoms with E-state index in [9.17, 15) is 0 Å². The van der Waals surface area contributed by atoms with E-state index in [-0.39, 0.29) is 5.41 Å². The lowest BCUT2D eigenvalue weighted by Gasteiger charge is -2.22. The largest absolute Gasteiger partial charge is 0.255 e. The molecule has 4 heteroatoms. The normalized spacial score (nSPS) is 12.2. The van der Waals surface area contributed by atoms with Gasteiger partial charge in [0, 0.05) is 22.2 Å². The molecule has 0 bridgehead atoms. The molecule has 3 aromatic heterocycles. The van der Waals surface area contributed by atoms with Crippen LogP contribution in [-0.2, 0) is 11.8 Å². The van der Waals surface area contributed by atoms with Crippen molar-refractivity contribution in [2.45, 2.75) is 46.5 Å². The second kappa shape index (κ2) is 8.35. The van der Waals surface area contributed by atoms with Crippen LogP contribution in [0.4, 0.5) is 0 Å². The van der Waals surface area contributed by atoms with E-state index in [4.69, 9.17) is 4.98 Å². The monoisotopic (exact) mass is 451 g/mol. The standard InChI is InChI=1S/C29H29N3S/c1-18(2)10-22-14-27-28(33-22)13-21(16-30-27)26-15-25(31-17-32-26)20-11-19-8-6-7-9-23(19)24(12-20)29(3,4)5/h6-9,11-18H,10H2,1-5H3. The van der Waals surface area contributed by atoms with Gasteiger partial charge in [-0.1, -0.05) is 58.9 Å². The van der Waals surface area contributed by atoms with Crippen molar-refractivity contribution in [3.05, 3.63) is 77.6 Å². The maximum absolute atomic E-state index is 4.73. The summed E-state index contributed by atoms with van der Waals surface area (Å²) in [7, 11) is 0. The Bertz CT molecular complexity index is 1460. The number of aromatic nitrogens is 3. The fraction of sp³-hybridized carbons (Fsp3) is 0.276. The van der Waals surface area contributed by atoms with Gasteiger partial charge in [0.05, 0.1) is 21.6 Å². The van der Waals surface area contributed by atoms with Gasteiger partial charge in [-0.2, -0.15) is 0 Å². The summed E-state index contributed by atoms with van der Waals surface area (Å²) >= 11 is 1.84. The molecule has 0 spiro atoms. The number of hydrogen-bond donors (Lipinski definition) is 0. The Hall–Kier alpha value is -3.11. The molecule has 5 rings (SSSR count). The molecular formula is C29H29N3S. The first kappa shape index (κ1) is 21.7. The predicted octanol–water partition coefficient (Wildman–Crippen LogP) is 8.07. The molecule has 166 valence electrons. The fourth-order valence-corrected chi connectivity index (χ4v) is 5.64. The summed E-state index contributed by atoms with van der Waals surface area (Å²) in [6.07, 6.45) is 4.69. The van der Waals surface area contributed by atoms with Gasteiger partial charge in [0.15, 0.2) is 0 Å². The van der Waals surface area contributed by atoms with Crippen molar-refractivity contribution in [1.29, 1.82) is 0 Å². The smallest absolute Gasteiger partial charge is 0.116 e. The van der Waals surface area contributed by atoms with E-state index in [0.717, 1.165) is 34.5 Å². The van der Waals surface area contributed by atoms with Crippen LogP contribution in [0.25, 0.3) is 43.5 Å². The fourth-order valence-electron chi connectivity index (χ4n) is 4.36. The van der Waals surface area contributed by atoms with Gasteiger partial charge in [-0.05, 0) is 64.4 Å². The van der Waals surface area contributed by atoms with E-state index in [2.05, 4.69) is 99.2 Å². The highest BCUT2D eigenvalue weighted by molar-refractivity contribution is 7.19. The lowest BCUT2D eigenvalue weighted by atomic mass is 9.82. The van der Waals surface area contributed by atoms with E-state index in [1.165, 1.54) is 25.9 Å². The molecule has 3 heterocycles. The zero-order valence-corrected chi connectivity index (χ0v) is 20.7. The highest BCUT2D eigenvalue weighted by atomic mass is 32.1. The second-order valence-electron chi connectivity index (χ2n) is 10.2. The van der Waals surface area contributed by atoms with Crippen LogP contribution in [0.1, 0.15) is 45.1 Å². The van der Waals surface area contributed by atoms with Gasteiger partial charge in [0.25, 0.3) is 0 Å². The molecule has 0 amide bonds. The number of nitrogens with zero attached hydrogens (tertiary/aromatic N) is 3. The minimum absolute atomic E-state index is 0.0350. The van der Waals surface area contributed by atoms with Crippen molar-refractivity contribution in [3.63, 3.8) is 0 Å². The van der Waals surface area contributed by atoms with Crippen LogP contribution in [0.3, 0.4) is 0 Å². The van der Waals surface area contributed by atoms with E-state index in [1.54, 1.807) is 6.33 Å². The van der Waals surface area contributed by atoms with Gasteiger partial charge in [-0.3, -0.25) is 4.98 Å². The first-order valence-electron chi connectivity index (χ1n) is 11.5. The summed E-state index contributed by atoms with van der Waals surface area (Å²) < 4.78 is 1.21. The van der Waals surface area contributed by atoms with Crippen molar-refractivity contribution in [2.24, 2.45) is 5.92 Å². The number of benzene rings is 2. The maximum Gasteiger partial charge on any atom is 0.116 e. The lowest BCUT2D eigenvalue weighted by molar-refractivity contribution is 0.596. The molecule has 5 aromatic rings. The molecule has 0 aliphatic carbocycles. The predicted molar refractivity (Wildman–Crippen MR) is 141 cm³/mol. The highest BCUT2D eigenvalue weighted by Crippen LogP contribution is 2.35. The average molecular weight is 452 g/mol. The molecule has 33 heavy (non-hydrogen) atoms.